The number of pyridine rings is 1. The Labute approximate surface area is 141 Å². The first-order valence-corrected chi connectivity index (χ1v) is 8.09. The SMILES string of the molecule is O=C(O)C=Cc1ccc(N[C@H]2CCN(Cc3ccccc3)C2)nc1. The Kier molecular flexibility index (Phi) is 5.23. The quantitative estimate of drug-likeness (QED) is 0.800. The molecule has 24 heavy (non-hydrogen) atoms. The largest absolute Gasteiger partial charge is 0.478 e. The Hall–Kier alpha value is -2.66. The van der Waals surface area contributed by atoms with Crippen LogP contribution in [0.3, 0.4) is 0 Å². The van der Waals surface area contributed by atoms with E-state index in [1.165, 1.54) is 11.6 Å². The van der Waals surface area contributed by atoms with Crippen molar-refractivity contribution in [2.45, 2.75) is 19.0 Å². The van der Waals surface area contributed by atoms with Gasteiger partial charge in [-0.25, -0.2) is 9.78 Å². The molecule has 2 N–H and O–H groups in total. The molecule has 5 nitrogen and oxygen atoms in total. The van der Waals surface area contributed by atoms with Crippen molar-refractivity contribution in [3.63, 3.8) is 0 Å². The summed E-state index contributed by atoms with van der Waals surface area (Å²) >= 11 is 0. The van der Waals surface area contributed by atoms with Gasteiger partial charge in [-0.05, 0) is 35.8 Å². The monoisotopic (exact) mass is 323 g/mol. The lowest BCUT2D eigenvalue weighted by molar-refractivity contribution is -0.131. The van der Waals surface area contributed by atoms with Crippen LogP contribution in [0, 0.1) is 0 Å². The summed E-state index contributed by atoms with van der Waals surface area (Å²) < 4.78 is 0. The Morgan fingerprint density at radius 1 is 1.29 bits per heavy atom. The number of carboxylic acid groups (broad SMARTS) is 1. The van der Waals surface area contributed by atoms with Crippen LogP contribution in [0.1, 0.15) is 17.5 Å². The molecule has 0 amide bonds. The van der Waals surface area contributed by atoms with E-state index in [0.29, 0.717) is 6.04 Å². The molecule has 2 aromatic rings. The molecule has 1 aliphatic rings. The lowest BCUT2D eigenvalue weighted by atomic mass is 10.2. The molecule has 0 aliphatic carbocycles. The van der Waals surface area contributed by atoms with Gasteiger partial charge in [0, 0.05) is 37.9 Å². The van der Waals surface area contributed by atoms with Gasteiger partial charge in [-0.1, -0.05) is 30.3 Å². The van der Waals surface area contributed by atoms with Crippen molar-refractivity contribution in [1.82, 2.24) is 9.88 Å². The number of nitrogens with one attached hydrogen (secondary N) is 1. The third-order valence-electron chi connectivity index (χ3n) is 4.08. The van der Waals surface area contributed by atoms with E-state index in [1.54, 1.807) is 6.20 Å². The number of rotatable bonds is 6. The van der Waals surface area contributed by atoms with E-state index in [0.717, 1.165) is 43.5 Å². The van der Waals surface area contributed by atoms with Crippen LogP contribution in [0.4, 0.5) is 5.82 Å². The van der Waals surface area contributed by atoms with Gasteiger partial charge >= 0.3 is 5.97 Å². The van der Waals surface area contributed by atoms with E-state index in [1.807, 2.05) is 18.2 Å². The highest BCUT2D eigenvalue weighted by molar-refractivity contribution is 5.85. The molecular weight excluding hydrogens is 302 g/mol. The summed E-state index contributed by atoms with van der Waals surface area (Å²) in [5.74, 6) is -0.129. The van der Waals surface area contributed by atoms with E-state index in [-0.39, 0.29) is 0 Å². The smallest absolute Gasteiger partial charge is 0.328 e. The summed E-state index contributed by atoms with van der Waals surface area (Å²) in [6, 6.07) is 14.7. The summed E-state index contributed by atoms with van der Waals surface area (Å²) in [5, 5.41) is 12.1. The minimum absolute atomic E-state index is 0.390. The van der Waals surface area contributed by atoms with Crippen molar-refractivity contribution >= 4 is 17.9 Å². The molecule has 0 saturated carbocycles. The van der Waals surface area contributed by atoms with Gasteiger partial charge in [0.1, 0.15) is 5.82 Å². The number of hydrogen-bond donors (Lipinski definition) is 2. The topological polar surface area (TPSA) is 65.5 Å². The zero-order valence-corrected chi connectivity index (χ0v) is 13.4. The Morgan fingerprint density at radius 3 is 2.83 bits per heavy atom. The van der Waals surface area contributed by atoms with E-state index in [4.69, 9.17) is 5.11 Å². The zero-order valence-electron chi connectivity index (χ0n) is 13.4. The van der Waals surface area contributed by atoms with Crippen molar-refractivity contribution in [3.8, 4) is 0 Å². The lowest BCUT2D eigenvalue weighted by Crippen LogP contribution is -2.26. The van der Waals surface area contributed by atoms with E-state index < -0.39 is 5.97 Å². The maximum Gasteiger partial charge on any atom is 0.328 e. The molecule has 1 saturated heterocycles. The second-order valence-corrected chi connectivity index (χ2v) is 6.00. The molecule has 1 aliphatic heterocycles. The number of benzene rings is 1. The molecule has 5 heteroatoms. The molecule has 1 atom stereocenters. The molecule has 2 heterocycles. The van der Waals surface area contributed by atoms with Crippen LogP contribution in [0.5, 0.6) is 0 Å². The summed E-state index contributed by atoms with van der Waals surface area (Å²) in [6.45, 7) is 3.05. The number of carboxylic acids is 1. The maximum atomic E-state index is 10.5. The van der Waals surface area contributed by atoms with Gasteiger partial charge in [0.2, 0.25) is 0 Å². The Morgan fingerprint density at radius 2 is 2.12 bits per heavy atom. The third kappa shape index (κ3) is 4.67. The summed E-state index contributed by atoms with van der Waals surface area (Å²) in [4.78, 5) is 17.3. The van der Waals surface area contributed by atoms with E-state index >= 15 is 0 Å². The van der Waals surface area contributed by atoms with Gasteiger partial charge in [-0.3, -0.25) is 4.90 Å². The first kappa shape index (κ1) is 16.2. The average Bonchev–Trinajstić information content (AvgIpc) is 3.02. The van der Waals surface area contributed by atoms with Crippen LogP contribution < -0.4 is 5.32 Å². The minimum Gasteiger partial charge on any atom is -0.478 e. The molecule has 0 radical (unpaired) electrons. The van der Waals surface area contributed by atoms with Crippen molar-refractivity contribution in [2.75, 3.05) is 18.4 Å². The van der Waals surface area contributed by atoms with Crippen LogP contribution in [0.25, 0.3) is 6.08 Å². The fraction of sp³-hybridized carbons (Fsp3) is 0.263. The van der Waals surface area contributed by atoms with Crippen LogP contribution in [0.2, 0.25) is 0 Å². The second-order valence-electron chi connectivity index (χ2n) is 6.00. The Balaban J connectivity index is 1.51. The van der Waals surface area contributed by atoms with E-state index in [9.17, 15) is 4.79 Å². The number of anilines is 1. The van der Waals surface area contributed by atoms with Crippen molar-refractivity contribution in [1.29, 1.82) is 0 Å². The number of aromatic nitrogens is 1. The fourth-order valence-corrected chi connectivity index (χ4v) is 2.90. The highest BCUT2D eigenvalue weighted by Gasteiger charge is 2.22. The molecule has 1 fully saturated rings. The van der Waals surface area contributed by atoms with Crippen molar-refractivity contribution < 1.29 is 9.90 Å². The van der Waals surface area contributed by atoms with Crippen LogP contribution in [0.15, 0.2) is 54.7 Å². The summed E-state index contributed by atoms with van der Waals surface area (Å²) in [7, 11) is 0. The van der Waals surface area contributed by atoms with Crippen LogP contribution in [-0.2, 0) is 11.3 Å². The summed E-state index contributed by atoms with van der Waals surface area (Å²) in [5.41, 5.74) is 2.12. The third-order valence-corrected chi connectivity index (χ3v) is 4.08. The molecule has 3 rings (SSSR count). The van der Waals surface area contributed by atoms with Gasteiger partial charge in [-0.2, -0.15) is 0 Å². The minimum atomic E-state index is -0.957. The van der Waals surface area contributed by atoms with Crippen molar-refractivity contribution in [3.05, 3.63) is 65.9 Å². The van der Waals surface area contributed by atoms with Gasteiger partial charge in [-0.15, -0.1) is 0 Å². The molecular formula is C19H21N3O2. The van der Waals surface area contributed by atoms with Crippen molar-refractivity contribution in [2.24, 2.45) is 0 Å². The number of carbonyl (C=O) groups is 1. The maximum absolute atomic E-state index is 10.5. The van der Waals surface area contributed by atoms with Crippen LogP contribution in [-0.4, -0.2) is 40.1 Å². The number of hydrogen-bond acceptors (Lipinski definition) is 4. The van der Waals surface area contributed by atoms with Gasteiger partial charge in [0.15, 0.2) is 0 Å². The highest BCUT2D eigenvalue weighted by Crippen LogP contribution is 2.17. The van der Waals surface area contributed by atoms with Gasteiger partial charge in [0.05, 0.1) is 0 Å². The standard InChI is InChI=1S/C19H21N3O2/c23-19(24)9-7-15-6-8-18(20-12-15)21-17-10-11-22(14-17)13-16-4-2-1-3-5-16/h1-9,12,17H,10-11,13-14H2,(H,20,21)(H,23,24)/t17-/m0/s1. The van der Waals surface area contributed by atoms with Gasteiger partial charge < -0.3 is 10.4 Å². The number of nitrogens with zero attached hydrogens (tertiary/aromatic N) is 2. The molecule has 0 unspecified atom stereocenters. The second kappa shape index (κ2) is 7.75. The normalized spacial score (nSPS) is 18.1. The number of likely N-dealkylation sites (tertiary alicyclic amines) is 1. The zero-order chi connectivity index (χ0) is 16.8. The molecule has 1 aromatic heterocycles. The fourth-order valence-electron chi connectivity index (χ4n) is 2.90. The average molecular weight is 323 g/mol. The van der Waals surface area contributed by atoms with Gasteiger partial charge in [0.25, 0.3) is 0 Å². The van der Waals surface area contributed by atoms with E-state index in [2.05, 4.69) is 39.5 Å². The Bertz CT molecular complexity index is 698. The lowest BCUT2D eigenvalue weighted by Gasteiger charge is -2.17. The highest BCUT2D eigenvalue weighted by atomic mass is 16.4. The first-order valence-electron chi connectivity index (χ1n) is 8.09. The predicted molar refractivity (Wildman–Crippen MR) is 94.7 cm³/mol. The molecule has 0 bridgehead atoms. The molecule has 1 aromatic carbocycles. The number of aliphatic carboxylic acids is 1. The first-order chi connectivity index (χ1) is 11.7. The predicted octanol–water partition coefficient (Wildman–Crippen LogP) is 2.87. The molecule has 124 valence electrons. The molecule has 0 spiro atoms. The summed E-state index contributed by atoms with van der Waals surface area (Å²) in [6.07, 6.45) is 5.42. The van der Waals surface area contributed by atoms with Crippen LogP contribution >= 0.6 is 0 Å².